The Morgan fingerprint density at radius 1 is 1.09 bits per heavy atom. The van der Waals surface area contributed by atoms with Crippen LogP contribution in [0.5, 0.6) is 0 Å². The number of carbonyl (C=O) groups excluding carboxylic acids is 1. The molecule has 0 unspecified atom stereocenters. The molecule has 116 valence electrons. The summed E-state index contributed by atoms with van der Waals surface area (Å²) in [6.45, 7) is 6.41. The number of nitrogens with one attached hydrogen (secondary N) is 2. The summed E-state index contributed by atoms with van der Waals surface area (Å²) in [4.78, 5) is 12.3. The quantitative estimate of drug-likeness (QED) is 0.912. The largest absolute Gasteiger partial charge is 0.348 e. The summed E-state index contributed by atoms with van der Waals surface area (Å²) in [7, 11) is 0. The molecule has 3 nitrogen and oxygen atoms in total. The molecule has 22 heavy (non-hydrogen) atoms. The summed E-state index contributed by atoms with van der Waals surface area (Å²) >= 11 is 0. The average Bonchev–Trinajstić information content (AvgIpc) is 2.94. The molecule has 1 aliphatic rings. The molecule has 0 bridgehead atoms. The van der Waals surface area contributed by atoms with Crippen LogP contribution in [0.1, 0.15) is 38.2 Å². The number of amides is 1. The van der Waals surface area contributed by atoms with Crippen LogP contribution in [0.15, 0.2) is 36.4 Å². The van der Waals surface area contributed by atoms with Crippen LogP contribution in [0.4, 0.5) is 0 Å². The van der Waals surface area contributed by atoms with Crippen molar-refractivity contribution in [1.82, 2.24) is 10.6 Å². The van der Waals surface area contributed by atoms with Gasteiger partial charge in [-0.1, -0.05) is 35.9 Å². The lowest BCUT2D eigenvalue weighted by atomic mass is 10.0. The number of hydrogen-bond donors (Lipinski definition) is 2. The molecular weight excluding hydrogens is 296 g/mol. The Morgan fingerprint density at radius 3 is 2.68 bits per heavy atom. The fourth-order valence-electron chi connectivity index (χ4n) is 2.72. The normalized spacial score (nSPS) is 12.5. The van der Waals surface area contributed by atoms with E-state index in [4.69, 9.17) is 0 Å². The van der Waals surface area contributed by atoms with Crippen molar-refractivity contribution in [3.8, 4) is 0 Å². The van der Waals surface area contributed by atoms with E-state index in [9.17, 15) is 4.79 Å². The Kier molecular flexibility index (Phi) is 5.22. The molecule has 0 saturated carbocycles. The standard InChI is InChI=1S/C18H20N2O.ClH/c1-12-3-4-13(2)17(7-12)18(21)20-9-14-5-6-15-10-19-11-16(15)8-14;/h3-8,19H,9-11H2,1-2H3,(H,20,21);1H. The third-order valence-corrected chi connectivity index (χ3v) is 3.99. The van der Waals surface area contributed by atoms with Crippen LogP contribution in [0, 0.1) is 13.8 Å². The number of benzene rings is 2. The third kappa shape index (κ3) is 3.49. The summed E-state index contributed by atoms with van der Waals surface area (Å²) in [5.74, 6) is -0.00479. The van der Waals surface area contributed by atoms with Gasteiger partial charge in [0, 0.05) is 25.2 Å². The van der Waals surface area contributed by atoms with Crippen LogP contribution in [0.3, 0.4) is 0 Å². The van der Waals surface area contributed by atoms with E-state index in [0.29, 0.717) is 6.54 Å². The summed E-state index contributed by atoms with van der Waals surface area (Å²) < 4.78 is 0. The highest BCUT2D eigenvalue weighted by Crippen LogP contribution is 2.17. The zero-order valence-corrected chi connectivity index (χ0v) is 13.7. The summed E-state index contributed by atoms with van der Waals surface area (Å²) in [6.07, 6.45) is 0. The number of aryl methyl sites for hydroxylation is 2. The van der Waals surface area contributed by atoms with Gasteiger partial charge in [0.25, 0.3) is 5.91 Å². The molecule has 0 fully saturated rings. The van der Waals surface area contributed by atoms with E-state index in [1.165, 1.54) is 11.1 Å². The van der Waals surface area contributed by atoms with Crippen molar-refractivity contribution >= 4 is 18.3 Å². The molecular formula is C18H21ClN2O. The highest BCUT2D eigenvalue weighted by molar-refractivity contribution is 5.95. The molecule has 1 amide bonds. The number of fused-ring (bicyclic) bond motifs is 1. The fourth-order valence-corrected chi connectivity index (χ4v) is 2.72. The zero-order valence-electron chi connectivity index (χ0n) is 12.9. The van der Waals surface area contributed by atoms with Gasteiger partial charge in [0.1, 0.15) is 0 Å². The molecule has 0 radical (unpaired) electrons. The maximum absolute atomic E-state index is 12.3. The smallest absolute Gasteiger partial charge is 0.251 e. The Balaban J connectivity index is 0.00000176. The van der Waals surface area contributed by atoms with E-state index < -0.39 is 0 Å². The zero-order chi connectivity index (χ0) is 14.8. The molecule has 1 aliphatic heterocycles. The molecule has 0 aromatic heterocycles. The van der Waals surface area contributed by atoms with Gasteiger partial charge in [0.2, 0.25) is 0 Å². The van der Waals surface area contributed by atoms with Gasteiger partial charge in [-0.15, -0.1) is 12.4 Å². The molecule has 2 N–H and O–H groups in total. The highest BCUT2D eigenvalue weighted by Gasteiger charge is 2.12. The van der Waals surface area contributed by atoms with Crippen molar-refractivity contribution in [2.24, 2.45) is 0 Å². The van der Waals surface area contributed by atoms with E-state index >= 15 is 0 Å². The predicted octanol–water partition coefficient (Wildman–Crippen LogP) is 3.26. The molecule has 0 atom stereocenters. The number of hydrogen-bond acceptors (Lipinski definition) is 2. The van der Waals surface area contributed by atoms with Gasteiger partial charge in [0.15, 0.2) is 0 Å². The monoisotopic (exact) mass is 316 g/mol. The van der Waals surface area contributed by atoms with Crippen LogP contribution in [0.25, 0.3) is 0 Å². The van der Waals surface area contributed by atoms with Crippen molar-refractivity contribution in [3.63, 3.8) is 0 Å². The van der Waals surface area contributed by atoms with Crippen LogP contribution in [-0.2, 0) is 19.6 Å². The number of rotatable bonds is 3. The second-order valence-corrected chi connectivity index (χ2v) is 5.71. The number of carbonyl (C=O) groups is 1. The fraction of sp³-hybridized carbons (Fsp3) is 0.278. The molecule has 0 saturated heterocycles. The van der Waals surface area contributed by atoms with Gasteiger partial charge in [0.05, 0.1) is 0 Å². The summed E-state index contributed by atoms with van der Waals surface area (Å²) in [5, 5.41) is 6.35. The average molecular weight is 317 g/mol. The van der Waals surface area contributed by atoms with Crippen LogP contribution >= 0.6 is 12.4 Å². The van der Waals surface area contributed by atoms with Gasteiger partial charge < -0.3 is 10.6 Å². The lowest BCUT2D eigenvalue weighted by molar-refractivity contribution is 0.0950. The summed E-state index contributed by atoms with van der Waals surface area (Å²) in [6, 6.07) is 12.4. The minimum Gasteiger partial charge on any atom is -0.348 e. The second kappa shape index (κ2) is 6.95. The van der Waals surface area contributed by atoms with E-state index in [0.717, 1.165) is 35.3 Å². The number of halogens is 1. The maximum Gasteiger partial charge on any atom is 0.251 e. The molecule has 0 spiro atoms. The van der Waals surface area contributed by atoms with Gasteiger partial charge in [-0.05, 0) is 42.2 Å². The molecule has 2 aromatic rings. The Labute approximate surface area is 137 Å². The first-order valence-corrected chi connectivity index (χ1v) is 7.30. The topological polar surface area (TPSA) is 41.1 Å². The first kappa shape index (κ1) is 16.5. The molecule has 3 rings (SSSR count). The highest BCUT2D eigenvalue weighted by atomic mass is 35.5. The minimum atomic E-state index is -0.00479. The predicted molar refractivity (Wildman–Crippen MR) is 91.3 cm³/mol. The van der Waals surface area contributed by atoms with Crippen molar-refractivity contribution in [2.45, 2.75) is 33.5 Å². The third-order valence-electron chi connectivity index (χ3n) is 3.99. The van der Waals surface area contributed by atoms with Crippen molar-refractivity contribution in [2.75, 3.05) is 0 Å². The molecule has 2 aromatic carbocycles. The van der Waals surface area contributed by atoms with Crippen LogP contribution < -0.4 is 10.6 Å². The lowest BCUT2D eigenvalue weighted by Gasteiger charge is -2.09. The maximum atomic E-state index is 12.3. The SMILES string of the molecule is Cc1ccc(C)c(C(=O)NCc2ccc3c(c2)CNC3)c1.Cl. The van der Waals surface area contributed by atoms with Crippen molar-refractivity contribution in [3.05, 3.63) is 69.8 Å². The van der Waals surface area contributed by atoms with Crippen LogP contribution in [0.2, 0.25) is 0 Å². The van der Waals surface area contributed by atoms with Gasteiger partial charge in [-0.2, -0.15) is 0 Å². The van der Waals surface area contributed by atoms with E-state index in [1.54, 1.807) is 0 Å². The van der Waals surface area contributed by atoms with E-state index in [1.807, 2.05) is 32.0 Å². The van der Waals surface area contributed by atoms with Gasteiger partial charge in [-0.3, -0.25) is 4.79 Å². The molecule has 4 heteroatoms. The molecule has 1 heterocycles. The van der Waals surface area contributed by atoms with E-state index in [-0.39, 0.29) is 18.3 Å². The van der Waals surface area contributed by atoms with Crippen LogP contribution in [-0.4, -0.2) is 5.91 Å². The van der Waals surface area contributed by atoms with Crippen molar-refractivity contribution in [1.29, 1.82) is 0 Å². The van der Waals surface area contributed by atoms with Gasteiger partial charge in [-0.25, -0.2) is 0 Å². The Hall–Kier alpha value is -1.84. The Bertz CT molecular complexity index is 697. The second-order valence-electron chi connectivity index (χ2n) is 5.71. The van der Waals surface area contributed by atoms with E-state index in [2.05, 4.69) is 28.8 Å². The summed E-state index contributed by atoms with van der Waals surface area (Å²) in [5.41, 5.74) is 6.73. The Morgan fingerprint density at radius 2 is 1.86 bits per heavy atom. The lowest BCUT2D eigenvalue weighted by Crippen LogP contribution is -2.23. The molecule has 0 aliphatic carbocycles. The van der Waals surface area contributed by atoms with Gasteiger partial charge >= 0.3 is 0 Å². The minimum absolute atomic E-state index is 0. The first-order valence-electron chi connectivity index (χ1n) is 7.30. The van der Waals surface area contributed by atoms with Crippen molar-refractivity contribution < 1.29 is 4.79 Å². The first-order chi connectivity index (χ1) is 10.1.